The van der Waals surface area contributed by atoms with Crippen molar-refractivity contribution < 1.29 is 23.1 Å². The number of rotatable bonds is 4. The molecule has 0 aliphatic rings. The van der Waals surface area contributed by atoms with E-state index in [0.717, 1.165) is 11.1 Å². The molecule has 8 nitrogen and oxygen atoms in total. The standard InChI is InChI=1S/C19H14N6.C2HF3O2/c20-9-15-17(14-6-2-1-3-7-14)16(10-21)19(25-18(15)22)24-12-13-5-4-8-23-11-13;3-2(4,5)1(6)7/h1-8,11H,12H2,(H3,22,24,25);(H,6,7). The number of nitriles is 2. The number of nitrogens with two attached hydrogens (primary N) is 1. The van der Waals surface area contributed by atoms with E-state index in [1.807, 2.05) is 42.5 Å². The Kier molecular flexibility index (Phi) is 7.69. The lowest BCUT2D eigenvalue weighted by Gasteiger charge is -2.14. The van der Waals surface area contributed by atoms with Crippen molar-refractivity contribution in [2.24, 2.45) is 0 Å². The van der Waals surface area contributed by atoms with Crippen molar-refractivity contribution in [3.05, 3.63) is 71.5 Å². The van der Waals surface area contributed by atoms with Crippen LogP contribution in [0.5, 0.6) is 0 Å². The zero-order chi connectivity index (χ0) is 23.7. The number of carbonyl (C=O) groups is 1. The Morgan fingerprint density at radius 3 is 2.22 bits per heavy atom. The third kappa shape index (κ3) is 5.93. The van der Waals surface area contributed by atoms with Crippen molar-refractivity contribution in [3.8, 4) is 23.3 Å². The van der Waals surface area contributed by atoms with Crippen LogP contribution in [0.25, 0.3) is 11.1 Å². The minimum atomic E-state index is -5.08. The van der Waals surface area contributed by atoms with Gasteiger partial charge in [0.1, 0.15) is 34.9 Å². The van der Waals surface area contributed by atoms with Crippen molar-refractivity contribution in [2.45, 2.75) is 12.7 Å². The smallest absolute Gasteiger partial charge is 0.475 e. The second-order valence-corrected chi connectivity index (χ2v) is 6.08. The molecule has 0 bridgehead atoms. The topological polar surface area (TPSA) is 149 Å². The van der Waals surface area contributed by atoms with Crippen molar-refractivity contribution in [3.63, 3.8) is 0 Å². The Hall–Kier alpha value is -4.64. The molecule has 0 aliphatic carbocycles. The number of hydrogen-bond donors (Lipinski definition) is 3. The summed E-state index contributed by atoms with van der Waals surface area (Å²) in [6.45, 7) is 0.440. The number of benzene rings is 1. The van der Waals surface area contributed by atoms with E-state index in [9.17, 15) is 23.7 Å². The molecule has 0 saturated carbocycles. The highest BCUT2D eigenvalue weighted by Crippen LogP contribution is 2.33. The molecule has 0 unspecified atom stereocenters. The van der Waals surface area contributed by atoms with Crippen LogP contribution in [-0.4, -0.2) is 27.2 Å². The molecule has 3 aromatic rings. The summed E-state index contributed by atoms with van der Waals surface area (Å²) in [5.41, 5.74) is 8.64. The summed E-state index contributed by atoms with van der Waals surface area (Å²) in [7, 11) is 0. The van der Waals surface area contributed by atoms with Crippen molar-refractivity contribution in [1.29, 1.82) is 10.5 Å². The Morgan fingerprint density at radius 1 is 1.09 bits per heavy atom. The average molecular weight is 440 g/mol. The third-order valence-corrected chi connectivity index (χ3v) is 3.94. The maximum atomic E-state index is 10.6. The van der Waals surface area contributed by atoms with Gasteiger partial charge in [-0.3, -0.25) is 4.98 Å². The lowest BCUT2D eigenvalue weighted by Crippen LogP contribution is -2.21. The van der Waals surface area contributed by atoms with Crippen LogP contribution < -0.4 is 11.1 Å². The number of nitrogens with zero attached hydrogens (tertiary/aromatic N) is 4. The molecule has 0 radical (unpaired) electrons. The number of nitrogen functional groups attached to an aromatic ring is 1. The summed E-state index contributed by atoms with van der Waals surface area (Å²) >= 11 is 0. The summed E-state index contributed by atoms with van der Waals surface area (Å²) in [4.78, 5) is 17.2. The van der Waals surface area contributed by atoms with Gasteiger partial charge >= 0.3 is 12.1 Å². The molecule has 4 N–H and O–H groups in total. The first-order valence-corrected chi connectivity index (χ1v) is 8.81. The molecule has 0 aliphatic heterocycles. The Labute approximate surface area is 180 Å². The highest BCUT2D eigenvalue weighted by atomic mass is 19.4. The molecule has 0 atom stereocenters. The van der Waals surface area contributed by atoms with E-state index in [4.69, 9.17) is 15.6 Å². The first kappa shape index (κ1) is 23.6. The van der Waals surface area contributed by atoms with Crippen LogP contribution in [0.3, 0.4) is 0 Å². The van der Waals surface area contributed by atoms with Gasteiger partial charge in [0.05, 0.1) is 0 Å². The number of nitrogens with one attached hydrogen (secondary N) is 1. The predicted molar refractivity (Wildman–Crippen MR) is 109 cm³/mol. The van der Waals surface area contributed by atoms with Crippen molar-refractivity contribution >= 4 is 17.6 Å². The van der Waals surface area contributed by atoms with E-state index in [1.54, 1.807) is 12.4 Å². The highest BCUT2D eigenvalue weighted by molar-refractivity contribution is 5.84. The largest absolute Gasteiger partial charge is 0.490 e. The number of anilines is 2. The minimum Gasteiger partial charge on any atom is -0.475 e. The molecule has 11 heteroatoms. The lowest BCUT2D eigenvalue weighted by atomic mass is 9.96. The SMILES string of the molecule is N#Cc1c(N)nc(NCc2cccnc2)c(C#N)c1-c1ccccc1.O=C(O)C(F)(F)F. The van der Waals surface area contributed by atoms with Gasteiger partial charge < -0.3 is 16.2 Å². The maximum Gasteiger partial charge on any atom is 0.490 e. The quantitative estimate of drug-likeness (QED) is 0.556. The molecular formula is C21H15F3N6O2. The molecular weight excluding hydrogens is 425 g/mol. The number of aliphatic carboxylic acids is 1. The van der Waals surface area contributed by atoms with E-state index in [-0.39, 0.29) is 11.4 Å². The molecule has 1 aromatic carbocycles. The summed E-state index contributed by atoms with van der Waals surface area (Å²) in [6, 6.07) is 17.2. The Bertz CT molecular complexity index is 1170. The number of halogens is 3. The molecule has 0 fully saturated rings. The number of pyridine rings is 2. The van der Waals surface area contributed by atoms with Gasteiger partial charge in [0.2, 0.25) is 0 Å². The van der Waals surface area contributed by atoms with Crippen molar-refractivity contribution in [1.82, 2.24) is 9.97 Å². The number of carboxylic acids is 1. The fourth-order valence-corrected chi connectivity index (χ4v) is 2.54. The molecule has 162 valence electrons. The molecule has 0 saturated heterocycles. The van der Waals surface area contributed by atoms with E-state index < -0.39 is 12.1 Å². The fraction of sp³-hybridized carbons (Fsp3) is 0.0952. The summed E-state index contributed by atoms with van der Waals surface area (Å²) in [5.74, 6) is -2.32. The molecule has 32 heavy (non-hydrogen) atoms. The van der Waals surface area contributed by atoms with Crippen LogP contribution in [0, 0.1) is 22.7 Å². The van der Waals surface area contributed by atoms with Crippen molar-refractivity contribution in [2.75, 3.05) is 11.1 Å². The highest BCUT2D eigenvalue weighted by Gasteiger charge is 2.38. The van der Waals surface area contributed by atoms with Gasteiger partial charge in [-0.1, -0.05) is 36.4 Å². The summed E-state index contributed by atoms with van der Waals surface area (Å²) in [6.07, 6.45) is -1.67. The zero-order valence-corrected chi connectivity index (χ0v) is 16.3. The van der Waals surface area contributed by atoms with E-state index in [2.05, 4.69) is 27.4 Å². The van der Waals surface area contributed by atoms with Gasteiger partial charge in [0, 0.05) is 24.5 Å². The number of alkyl halides is 3. The lowest BCUT2D eigenvalue weighted by molar-refractivity contribution is -0.192. The predicted octanol–water partition coefficient (Wildman–Crippen LogP) is 3.71. The number of carboxylic acid groups (broad SMARTS) is 1. The number of aromatic nitrogens is 2. The summed E-state index contributed by atoms with van der Waals surface area (Å²) < 4.78 is 31.7. The van der Waals surface area contributed by atoms with Gasteiger partial charge in [-0.2, -0.15) is 23.7 Å². The first-order valence-electron chi connectivity index (χ1n) is 8.81. The van der Waals surface area contributed by atoms with Crippen LogP contribution in [0.15, 0.2) is 54.9 Å². The monoisotopic (exact) mass is 440 g/mol. The second kappa shape index (κ2) is 10.4. The zero-order valence-electron chi connectivity index (χ0n) is 16.3. The van der Waals surface area contributed by atoms with E-state index in [1.165, 1.54) is 0 Å². The van der Waals surface area contributed by atoms with Gasteiger partial charge in [0.25, 0.3) is 0 Å². The molecule has 2 aromatic heterocycles. The Morgan fingerprint density at radius 2 is 1.72 bits per heavy atom. The van der Waals surface area contributed by atoms with Gasteiger partial charge in [0.15, 0.2) is 0 Å². The van der Waals surface area contributed by atoms with Gasteiger partial charge in [-0.15, -0.1) is 0 Å². The fourth-order valence-electron chi connectivity index (χ4n) is 2.54. The Balaban J connectivity index is 0.000000451. The van der Waals surface area contributed by atoms with Gasteiger partial charge in [-0.25, -0.2) is 9.78 Å². The second-order valence-electron chi connectivity index (χ2n) is 6.08. The molecule has 0 amide bonds. The molecule has 0 spiro atoms. The average Bonchev–Trinajstić information content (AvgIpc) is 2.78. The minimum absolute atomic E-state index is 0.0917. The normalized spacial score (nSPS) is 10.2. The maximum absolute atomic E-state index is 10.6. The first-order chi connectivity index (χ1) is 15.2. The molecule has 3 rings (SSSR count). The summed E-state index contributed by atoms with van der Waals surface area (Å²) in [5, 5.41) is 29.4. The van der Waals surface area contributed by atoms with E-state index >= 15 is 0 Å². The van der Waals surface area contributed by atoms with Gasteiger partial charge in [-0.05, 0) is 17.2 Å². The van der Waals surface area contributed by atoms with Crippen LogP contribution in [0.4, 0.5) is 24.8 Å². The van der Waals surface area contributed by atoms with Crippen LogP contribution in [0.2, 0.25) is 0 Å². The van der Waals surface area contributed by atoms with Crippen LogP contribution >= 0.6 is 0 Å². The number of hydrogen-bond acceptors (Lipinski definition) is 7. The third-order valence-electron chi connectivity index (χ3n) is 3.94. The van der Waals surface area contributed by atoms with E-state index in [0.29, 0.717) is 23.5 Å². The molecule has 2 heterocycles. The van der Waals surface area contributed by atoms with Crippen LogP contribution in [0.1, 0.15) is 16.7 Å². The van der Waals surface area contributed by atoms with Crippen LogP contribution in [-0.2, 0) is 11.3 Å².